The van der Waals surface area contributed by atoms with E-state index in [-0.39, 0.29) is 43.2 Å². The molecule has 0 aliphatic heterocycles. The molecular weight excluding hydrogens is 1140 g/mol. The maximum atomic E-state index is 13.9. The first-order valence-electron chi connectivity index (χ1n) is 24.7. The topological polar surface area (TPSA) is 43.9 Å². The summed E-state index contributed by atoms with van der Waals surface area (Å²) >= 11 is 0. The number of nitrogens with zero attached hydrogens (tertiary/aromatic N) is 3. The number of hydrogen-bond donors (Lipinski definition) is 0. The number of hydrogen-bond acceptors (Lipinski definition) is 3. The van der Waals surface area contributed by atoms with Crippen LogP contribution in [0.15, 0.2) is 162 Å². The fourth-order valence-electron chi connectivity index (χ4n) is 9.45. The van der Waals surface area contributed by atoms with Gasteiger partial charge in [-0.2, -0.15) is 26.3 Å². The van der Waals surface area contributed by atoms with Gasteiger partial charge in [0.1, 0.15) is 5.58 Å². The molecule has 4 nitrogen and oxygen atoms in total. The Morgan fingerprint density at radius 1 is 0.533 bits per heavy atom. The Balaban J connectivity index is 0.000000273. The van der Waals surface area contributed by atoms with E-state index in [2.05, 4.69) is 186 Å². The summed E-state index contributed by atoms with van der Waals surface area (Å²) in [4.78, 5) is 9.00. The van der Waals surface area contributed by atoms with E-state index in [0.717, 1.165) is 49.9 Å². The van der Waals surface area contributed by atoms with Crippen molar-refractivity contribution in [3.8, 4) is 50.6 Å². The molecule has 10 rings (SSSR count). The molecule has 0 aliphatic carbocycles. The zero-order valence-electron chi connectivity index (χ0n) is 42.5. The van der Waals surface area contributed by atoms with Crippen LogP contribution in [0.4, 0.5) is 30.7 Å². The van der Waals surface area contributed by atoms with Crippen molar-refractivity contribution in [2.75, 3.05) is 0 Å². The number of pyridine rings is 1. The van der Waals surface area contributed by atoms with Crippen LogP contribution in [0, 0.1) is 12.1 Å². The van der Waals surface area contributed by atoms with Crippen molar-refractivity contribution in [2.45, 2.75) is 97.1 Å². The van der Waals surface area contributed by atoms with E-state index in [0.29, 0.717) is 30.2 Å². The minimum absolute atomic E-state index is 0. The Bertz CT molecular complexity index is 3570. The van der Waals surface area contributed by atoms with Crippen LogP contribution in [0.5, 0.6) is 0 Å². The zero-order chi connectivity index (χ0) is 52.9. The maximum absolute atomic E-state index is 13.9. The summed E-state index contributed by atoms with van der Waals surface area (Å²) in [7, 11) is 0. The normalized spacial score (nSPS) is 12.3. The Morgan fingerprint density at radius 3 is 1.67 bits per heavy atom. The molecule has 7 aromatic carbocycles. The summed E-state index contributed by atoms with van der Waals surface area (Å²) < 4.78 is 99.3. The van der Waals surface area contributed by atoms with Gasteiger partial charge in [-0.25, -0.2) is 4.39 Å². The van der Waals surface area contributed by atoms with Gasteiger partial charge in [-0.05, 0) is 110 Å². The number of furan rings is 1. The number of benzene rings is 7. The van der Waals surface area contributed by atoms with E-state index >= 15 is 0 Å². The molecule has 0 N–H and O–H groups in total. The minimum Gasteiger partial charge on any atom is -0.501 e. The number of halogens is 7. The molecule has 10 aromatic rings. The summed E-state index contributed by atoms with van der Waals surface area (Å²) in [6.07, 6.45) is -11.6. The molecule has 3 heterocycles. The molecule has 0 saturated carbocycles. The summed E-state index contributed by atoms with van der Waals surface area (Å²) in [6, 6.07) is 54.8. The quantitative estimate of drug-likeness (QED) is 0.101. The fourth-order valence-corrected chi connectivity index (χ4v) is 9.45. The molecule has 12 heteroatoms. The molecule has 387 valence electrons. The molecule has 0 amide bonds. The van der Waals surface area contributed by atoms with Crippen molar-refractivity contribution in [3.05, 3.63) is 198 Å². The van der Waals surface area contributed by atoms with E-state index < -0.39 is 23.6 Å². The van der Waals surface area contributed by atoms with Gasteiger partial charge < -0.3 is 14.0 Å². The van der Waals surface area contributed by atoms with Gasteiger partial charge in [0, 0.05) is 42.9 Å². The Labute approximate surface area is 446 Å². The molecule has 0 bridgehead atoms. The second-order valence-corrected chi connectivity index (χ2v) is 19.9. The summed E-state index contributed by atoms with van der Waals surface area (Å²) in [5.41, 5.74) is 8.72. The van der Waals surface area contributed by atoms with Crippen molar-refractivity contribution < 1.29 is 55.3 Å². The molecule has 0 fully saturated rings. The summed E-state index contributed by atoms with van der Waals surface area (Å²) in [5.74, 6) is 2.39. The van der Waals surface area contributed by atoms with Gasteiger partial charge in [-0.1, -0.05) is 145 Å². The second-order valence-electron chi connectivity index (χ2n) is 19.9. The first-order valence-corrected chi connectivity index (χ1v) is 24.7. The fraction of sp³-hybridized carbons (Fsp3) is 0.238. The molecule has 0 unspecified atom stereocenters. The van der Waals surface area contributed by atoms with E-state index in [1.165, 1.54) is 62.8 Å². The van der Waals surface area contributed by atoms with Gasteiger partial charge in [0.2, 0.25) is 0 Å². The van der Waals surface area contributed by atoms with Crippen LogP contribution in [-0.4, -0.2) is 26.9 Å². The van der Waals surface area contributed by atoms with Crippen molar-refractivity contribution in [2.24, 2.45) is 0 Å². The van der Waals surface area contributed by atoms with E-state index in [1.54, 1.807) is 6.07 Å². The number of aromatic nitrogens is 3. The van der Waals surface area contributed by atoms with Gasteiger partial charge >= 0.3 is 18.0 Å². The van der Waals surface area contributed by atoms with Crippen LogP contribution < -0.4 is 0 Å². The predicted octanol–water partition coefficient (Wildman–Crippen LogP) is 19.1. The molecule has 3 aromatic heterocycles. The van der Waals surface area contributed by atoms with Crippen LogP contribution in [0.2, 0.25) is 0 Å². The maximum Gasteiger partial charge on any atom is 0.435 e. The SMILES string of the molecule is CC(C)c1ccc(-c2cc(C(C)C)c(-n3c(-c4[c-]ccc5c4oc4cc(-c6ccc(C(C)C)cc6)ccc45)nc4ccccc43)c(C(C)C)c2)cc1.FC(F)(F)C(F)(c1ccnc(-c2[c-]cccc2)c1)C(F)(F)F.[Ir]. The average molecular weight is 1190 g/mol. The number of alkyl halides is 7. The summed E-state index contributed by atoms with van der Waals surface area (Å²) in [5, 5.41) is 2.16. The molecule has 0 atom stereocenters. The molecule has 0 saturated heterocycles. The van der Waals surface area contributed by atoms with Crippen LogP contribution in [0.25, 0.3) is 83.6 Å². The molecule has 1 radical (unpaired) electrons. The first-order chi connectivity index (χ1) is 35.2. The Morgan fingerprint density at radius 2 is 1.11 bits per heavy atom. The standard InChI is InChI=1S/C49H47N2O.C14H7F7N.Ir/c1-29(2)33-16-20-35(21-17-33)37-24-25-39-40-12-11-13-41(48(40)52-46(39)28-37)49-50-44-14-9-10-15-45(44)51(49)47-42(31(5)6)26-38(27-43(47)32(7)8)36-22-18-34(19-23-36)30(3)4;15-12(13(16,17)18,14(19,20)21)10-6-7-22-11(8-10)9-4-2-1-3-5-9;/h9-12,14-32H,1-8H3;1-4,6-8H;/q2*-1;. The van der Waals surface area contributed by atoms with Crippen molar-refractivity contribution >= 4 is 33.0 Å². The number of fused-ring (bicyclic) bond motifs is 4. The third kappa shape index (κ3) is 10.4. The van der Waals surface area contributed by atoms with Crippen LogP contribution in [-0.2, 0) is 25.8 Å². The third-order valence-electron chi connectivity index (χ3n) is 13.6. The Kier molecular flexibility index (Phi) is 15.5. The number of para-hydroxylation sites is 2. The van der Waals surface area contributed by atoms with E-state index in [4.69, 9.17) is 9.40 Å². The van der Waals surface area contributed by atoms with Crippen molar-refractivity contribution in [3.63, 3.8) is 0 Å². The largest absolute Gasteiger partial charge is 0.501 e. The van der Waals surface area contributed by atoms with Crippen LogP contribution in [0.3, 0.4) is 0 Å². The number of imidazole rings is 1. The van der Waals surface area contributed by atoms with Crippen LogP contribution in [0.1, 0.15) is 107 Å². The second kappa shape index (κ2) is 21.4. The van der Waals surface area contributed by atoms with E-state index in [9.17, 15) is 30.7 Å². The molecule has 0 aliphatic rings. The molecular formula is C63H54F7IrN3O-2. The summed E-state index contributed by atoms with van der Waals surface area (Å²) in [6.45, 7) is 18.2. The predicted molar refractivity (Wildman–Crippen MR) is 283 cm³/mol. The van der Waals surface area contributed by atoms with Crippen LogP contribution >= 0.6 is 0 Å². The van der Waals surface area contributed by atoms with Gasteiger partial charge in [-0.3, -0.25) is 4.98 Å². The van der Waals surface area contributed by atoms with Gasteiger partial charge in [0.25, 0.3) is 0 Å². The van der Waals surface area contributed by atoms with Gasteiger partial charge in [-0.15, -0.1) is 54.1 Å². The van der Waals surface area contributed by atoms with Gasteiger partial charge in [0.05, 0.1) is 22.4 Å². The first kappa shape index (κ1) is 54.4. The van der Waals surface area contributed by atoms with Crippen molar-refractivity contribution in [1.82, 2.24) is 14.5 Å². The minimum atomic E-state index is -6.15. The third-order valence-corrected chi connectivity index (χ3v) is 13.6. The average Bonchev–Trinajstić information content (AvgIpc) is 3.96. The smallest absolute Gasteiger partial charge is 0.435 e. The Hall–Kier alpha value is -6.88. The van der Waals surface area contributed by atoms with E-state index in [1.807, 2.05) is 6.07 Å². The number of rotatable bonds is 10. The monoisotopic (exact) mass is 1190 g/mol. The molecule has 0 spiro atoms. The van der Waals surface area contributed by atoms with Crippen molar-refractivity contribution in [1.29, 1.82) is 0 Å². The molecule has 75 heavy (non-hydrogen) atoms. The van der Waals surface area contributed by atoms with Gasteiger partial charge in [0.15, 0.2) is 0 Å². The zero-order valence-corrected chi connectivity index (χ0v) is 44.9.